The number of benzene rings is 1. The molecule has 0 aliphatic carbocycles. The lowest BCUT2D eigenvalue weighted by atomic mass is 10.00. The molecule has 0 spiro atoms. The van der Waals surface area contributed by atoms with Crippen molar-refractivity contribution in [1.82, 2.24) is 34.9 Å². The van der Waals surface area contributed by atoms with Crippen molar-refractivity contribution in [3.05, 3.63) is 69.5 Å². The van der Waals surface area contributed by atoms with E-state index in [9.17, 15) is 14.0 Å². The van der Waals surface area contributed by atoms with Crippen molar-refractivity contribution in [2.75, 3.05) is 13.1 Å². The molecule has 1 fully saturated rings. The van der Waals surface area contributed by atoms with E-state index in [2.05, 4.69) is 55.5 Å². The van der Waals surface area contributed by atoms with Gasteiger partial charge in [-0.1, -0.05) is 0 Å². The van der Waals surface area contributed by atoms with Crippen molar-refractivity contribution < 1.29 is 18.4 Å². The van der Waals surface area contributed by atoms with Crippen molar-refractivity contribution in [1.29, 1.82) is 0 Å². The number of rotatable bonds is 5. The number of pyridine rings is 1. The number of carbonyl (C=O) groups excluding carboxylic acids is 2. The minimum Gasteiger partial charge on any atom is -0.423 e. The average molecular weight is 627 g/mol. The maximum absolute atomic E-state index is 14.8. The number of amides is 2. The molecule has 5 heterocycles. The van der Waals surface area contributed by atoms with Gasteiger partial charge in [0, 0.05) is 42.7 Å². The lowest BCUT2D eigenvalue weighted by molar-refractivity contribution is -0.131. The van der Waals surface area contributed by atoms with Crippen molar-refractivity contribution in [3.8, 4) is 23.0 Å². The Kier molecular flexibility index (Phi) is 8.31. The van der Waals surface area contributed by atoms with Gasteiger partial charge in [-0.15, -0.1) is 21.5 Å². The summed E-state index contributed by atoms with van der Waals surface area (Å²) >= 11 is 5.11. The van der Waals surface area contributed by atoms with Gasteiger partial charge in [-0.25, -0.2) is 14.4 Å². The first-order valence-corrected chi connectivity index (χ1v) is 14.0. The molecule has 2 amide bonds. The van der Waals surface area contributed by atoms with Gasteiger partial charge in [0.25, 0.3) is 0 Å². The van der Waals surface area contributed by atoms with Crippen LogP contribution in [-0.4, -0.2) is 61.1 Å². The van der Waals surface area contributed by atoms with E-state index in [4.69, 9.17) is 9.40 Å². The molecular formula is C27H25BrFN7O3S. The minimum atomic E-state index is -0.506. The highest BCUT2D eigenvalue weighted by atomic mass is 79.9. The lowest BCUT2D eigenvalue weighted by Gasteiger charge is -2.38. The van der Waals surface area contributed by atoms with Crippen molar-refractivity contribution in [2.45, 2.75) is 32.4 Å². The molecule has 1 aromatic carbocycles. The summed E-state index contributed by atoms with van der Waals surface area (Å²) in [4.78, 5) is 35.3. The Morgan fingerprint density at radius 1 is 1.25 bits per heavy atom. The van der Waals surface area contributed by atoms with E-state index in [1.165, 1.54) is 40.3 Å². The first kappa shape index (κ1) is 27.6. The van der Waals surface area contributed by atoms with Crippen molar-refractivity contribution in [3.63, 3.8) is 0 Å². The molecule has 2 atom stereocenters. The SMILES string of the molecule is CC(=O)N1CC(NC=O)CC(n2c(-c3ncccc3F)nc3cc(-c4nnco4)ccc32)C1.Cc1ccc(Br)s1. The standard InChI is InChI=1S/C22H20FN7O3.C5H5BrS/c1-13(32)29-9-15(25-11-31)8-16(10-29)30-19-5-4-14(22-28-26-12-33-22)7-18(19)27-21(30)20-17(23)3-2-6-24-20;1-4-2-3-5(6)7-4/h2-7,11-12,15-16H,8-10H2,1H3,(H,25,31);2-3H,1H3. The summed E-state index contributed by atoms with van der Waals surface area (Å²) in [5.74, 6) is 0.0674. The zero-order chi connectivity index (χ0) is 28.2. The van der Waals surface area contributed by atoms with Crippen LogP contribution in [-0.2, 0) is 9.59 Å². The summed E-state index contributed by atoms with van der Waals surface area (Å²) in [6.07, 6.45) is 3.92. The van der Waals surface area contributed by atoms with Crippen LogP contribution in [0.15, 0.2) is 63.3 Å². The smallest absolute Gasteiger partial charge is 0.247 e. The molecule has 4 aromatic heterocycles. The molecule has 6 rings (SSSR count). The molecule has 1 aliphatic rings. The predicted molar refractivity (Wildman–Crippen MR) is 152 cm³/mol. The molecule has 1 aliphatic heterocycles. The van der Waals surface area contributed by atoms with Gasteiger partial charge in [0.1, 0.15) is 5.69 Å². The van der Waals surface area contributed by atoms with Gasteiger partial charge in [-0.05, 0) is 71.7 Å². The number of thiophene rings is 1. The molecule has 40 heavy (non-hydrogen) atoms. The van der Waals surface area contributed by atoms with Gasteiger partial charge < -0.3 is 19.2 Å². The van der Waals surface area contributed by atoms with E-state index in [0.29, 0.717) is 48.7 Å². The molecule has 2 unspecified atom stereocenters. The van der Waals surface area contributed by atoms with E-state index < -0.39 is 5.82 Å². The summed E-state index contributed by atoms with van der Waals surface area (Å²) in [6, 6.07) is 11.9. The molecule has 13 heteroatoms. The van der Waals surface area contributed by atoms with Crippen LogP contribution >= 0.6 is 27.3 Å². The van der Waals surface area contributed by atoms with Crippen LogP contribution in [0.3, 0.4) is 0 Å². The average Bonchev–Trinajstić information content (AvgIpc) is 3.69. The van der Waals surface area contributed by atoms with Crippen LogP contribution in [0, 0.1) is 12.7 Å². The number of halogens is 2. The Hall–Kier alpha value is -3.97. The molecular weight excluding hydrogens is 601 g/mol. The molecule has 10 nitrogen and oxygen atoms in total. The highest BCUT2D eigenvalue weighted by Gasteiger charge is 2.33. The maximum atomic E-state index is 14.8. The highest BCUT2D eigenvalue weighted by Crippen LogP contribution is 2.34. The number of carbonyl (C=O) groups is 2. The summed E-state index contributed by atoms with van der Waals surface area (Å²) < 4.78 is 23.2. The number of aromatic nitrogens is 5. The van der Waals surface area contributed by atoms with Crippen LogP contribution in [0.25, 0.3) is 34.0 Å². The second-order valence-electron chi connectivity index (χ2n) is 9.23. The minimum absolute atomic E-state index is 0.105. The zero-order valence-electron chi connectivity index (χ0n) is 21.6. The molecule has 0 bridgehead atoms. The van der Waals surface area contributed by atoms with Crippen LogP contribution in [0.1, 0.15) is 24.3 Å². The van der Waals surface area contributed by atoms with E-state index in [1.54, 1.807) is 22.3 Å². The van der Waals surface area contributed by atoms with Crippen LogP contribution < -0.4 is 5.32 Å². The highest BCUT2D eigenvalue weighted by molar-refractivity contribution is 9.11. The quantitative estimate of drug-likeness (QED) is 0.273. The first-order chi connectivity index (χ1) is 19.3. The third-order valence-electron chi connectivity index (χ3n) is 6.52. The number of likely N-dealkylation sites (tertiary alicyclic amines) is 1. The van der Waals surface area contributed by atoms with Crippen LogP contribution in [0.4, 0.5) is 4.39 Å². The van der Waals surface area contributed by atoms with Gasteiger partial charge >= 0.3 is 0 Å². The summed E-state index contributed by atoms with van der Waals surface area (Å²) in [5, 5.41) is 10.4. The zero-order valence-corrected chi connectivity index (χ0v) is 24.0. The van der Waals surface area contributed by atoms with E-state index in [1.807, 2.05) is 16.7 Å². The Morgan fingerprint density at radius 2 is 2.10 bits per heavy atom. The van der Waals surface area contributed by atoms with Gasteiger partial charge in [-0.2, -0.15) is 0 Å². The van der Waals surface area contributed by atoms with E-state index in [0.717, 1.165) is 5.52 Å². The number of piperidine rings is 1. The van der Waals surface area contributed by atoms with Gasteiger partial charge in [0.05, 0.1) is 20.9 Å². The molecule has 1 N–H and O–H groups in total. The number of aryl methyl sites for hydroxylation is 1. The van der Waals surface area contributed by atoms with Gasteiger partial charge in [0.2, 0.25) is 24.6 Å². The van der Waals surface area contributed by atoms with Crippen LogP contribution in [0.2, 0.25) is 0 Å². The Labute approximate surface area is 241 Å². The monoisotopic (exact) mass is 625 g/mol. The van der Waals surface area contributed by atoms with E-state index >= 15 is 0 Å². The molecule has 206 valence electrons. The fraction of sp³-hybridized carbons (Fsp3) is 0.259. The van der Waals surface area contributed by atoms with E-state index in [-0.39, 0.29) is 23.7 Å². The van der Waals surface area contributed by atoms with Gasteiger partial charge in [0.15, 0.2) is 11.6 Å². The second-order valence-corrected chi connectivity index (χ2v) is 11.9. The normalized spacial score (nSPS) is 16.9. The number of hydrogen-bond acceptors (Lipinski definition) is 8. The number of nitrogens with one attached hydrogen (secondary N) is 1. The third kappa shape index (κ3) is 5.94. The molecule has 5 aromatic rings. The first-order valence-electron chi connectivity index (χ1n) is 12.4. The molecule has 0 radical (unpaired) electrons. The summed E-state index contributed by atoms with van der Waals surface area (Å²) in [6.45, 7) is 4.38. The maximum Gasteiger partial charge on any atom is 0.247 e. The van der Waals surface area contributed by atoms with Gasteiger partial charge in [-0.3, -0.25) is 9.59 Å². The summed E-state index contributed by atoms with van der Waals surface area (Å²) in [7, 11) is 0. The Bertz CT molecular complexity index is 1620. The van der Waals surface area contributed by atoms with Crippen molar-refractivity contribution in [2.24, 2.45) is 0 Å². The summed E-state index contributed by atoms with van der Waals surface area (Å²) in [5.41, 5.74) is 2.10. The fourth-order valence-corrected chi connectivity index (χ4v) is 6.23. The largest absolute Gasteiger partial charge is 0.423 e. The fourth-order valence-electron chi connectivity index (χ4n) is 4.76. The predicted octanol–water partition coefficient (Wildman–Crippen LogP) is 5.01. The molecule has 1 saturated heterocycles. The second kappa shape index (κ2) is 12.0. The Balaban J connectivity index is 0.000000403. The Morgan fingerprint density at radius 3 is 2.73 bits per heavy atom. The number of nitrogens with zero attached hydrogens (tertiary/aromatic N) is 6. The number of imidazole rings is 1. The van der Waals surface area contributed by atoms with Crippen LogP contribution in [0.5, 0.6) is 0 Å². The van der Waals surface area contributed by atoms with Crippen molar-refractivity contribution >= 4 is 50.6 Å². The third-order valence-corrected chi connectivity index (χ3v) is 8.06. The number of fused-ring (bicyclic) bond motifs is 1. The number of hydrogen-bond donors (Lipinski definition) is 1. The lowest BCUT2D eigenvalue weighted by Crippen LogP contribution is -2.50. The molecule has 0 saturated carbocycles. The topological polar surface area (TPSA) is 119 Å².